The molecule has 0 fully saturated rings. The molecule has 1 heterocycles. The lowest BCUT2D eigenvalue weighted by Gasteiger charge is -1.94. The van der Waals surface area contributed by atoms with E-state index in [0.29, 0.717) is 0 Å². The highest BCUT2D eigenvalue weighted by molar-refractivity contribution is 8.02. The Hall–Kier alpha value is 0.260. The molecule has 5 heteroatoms. The van der Waals surface area contributed by atoms with Crippen LogP contribution in [0.5, 0.6) is 0 Å². The second-order valence-electron chi connectivity index (χ2n) is 2.59. The molecule has 1 aromatic heterocycles. The third-order valence-electron chi connectivity index (χ3n) is 1.54. The highest BCUT2D eigenvalue weighted by atomic mass is 32.2. The van der Waals surface area contributed by atoms with E-state index < -0.39 is 0 Å². The van der Waals surface area contributed by atoms with Crippen molar-refractivity contribution in [2.75, 3.05) is 12.0 Å². The van der Waals surface area contributed by atoms with E-state index in [4.69, 9.17) is 0 Å². The highest BCUT2D eigenvalue weighted by Gasteiger charge is 2.02. The first-order valence-electron chi connectivity index (χ1n) is 4.37. The first kappa shape index (κ1) is 11.3. The summed E-state index contributed by atoms with van der Waals surface area (Å²) in [5, 5.41) is 8.14. The molecule has 0 atom stereocenters. The van der Waals surface area contributed by atoms with Crippen LogP contribution in [0.4, 0.5) is 0 Å². The van der Waals surface area contributed by atoms with Gasteiger partial charge in [0, 0.05) is 5.75 Å². The zero-order valence-electron chi connectivity index (χ0n) is 7.95. The van der Waals surface area contributed by atoms with E-state index in [-0.39, 0.29) is 0 Å². The van der Waals surface area contributed by atoms with E-state index in [1.165, 1.54) is 25.0 Å². The van der Waals surface area contributed by atoms with Gasteiger partial charge in [-0.3, -0.25) is 0 Å². The van der Waals surface area contributed by atoms with Crippen molar-refractivity contribution in [3.63, 3.8) is 0 Å². The minimum absolute atomic E-state index is 1.07. The molecular weight excluding hydrogens is 220 g/mol. The molecule has 0 aliphatic carbocycles. The van der Waals surface area contributed by atoms with E-state index in [2.05, 4.69) is 17.1 Å². The summed E-state index contributed by atoms with van der Waals surface area (Å²) in [5.74, 6) is 1.18. The van der Waals surface area contributed by atoms with Crippen molar-refractivity contribution in [2.45, 2.75) is 34.9 Å². The molecule has 74 valence electrons. The van der Waals surface area contributed by atoms with Crippen LogP contribution in [0.2, 0.25) is 0 Å². The number of unbranched alkanes of at least 4 members (excludes halogenated alkanes) is 2. The fourth-order valence-corrected chi connectivity index (χ4v) is 3.36. The molecule has 0 bridgehead atoms. The number of hydrogen-bond acceptors (Lipinski definition) is 5. The normalized spacial score (nSPS) is 10.6. The Morgan fingerprint density at radius 3 is 2.62 bits per heavy atom. The van der Waals surface area contributed by atoms with Gasteiger partial charge in [0.05, 0.1) is 0 Å². The number of nitrogens with zero attached hydrogens (tertiary/aromatic N) is 2. The number of rotatable bonds is 6. The minimum atomic E-state index is 1.07. The molecule has 13 heavy (non-hydrogen) atoms. The van der Waals surface area contributed by atoms with Gasteiger partial charge < -0.3 is 0 Å². The second-order valence-corrected chi connectivity index (χ2v) is 5.97. The molecule has 0 aliphatic rings. The van der Waals surface area contributed by atoms with Crippen molar-refractivity contribution in [3.05, 3.63) is 0 Å². The Bertz CT molecular complexity index is 237. The van der Waals surface area contributed by atoms with Crippen molar-refractivity contribution in [3.8, 4) is 0 Å². The van der Waals surface area contributed by atoms with Gasteiger partial charge in [-0.15, -0.1) is 10.2 Å². The molecule has 1 rings (SSSR count). The fourth-order valence-electron chi connectivity index (χ4n) is 0.850. The molecule has 0 spiro atoms. The average molecular weight is 234 g/mol. The van der Waals surface area contributed by atoms with Crippen LogP contribution < -0.4 is 0 Å². The maximum Gasteiger partial charge on any atom is 0.175 e. The van der Waals surface area contributed by atoms with Crippen LogP contribution >= 0.6 is 34.9 Å². The van der Waals surface area contributed by atoms with Crippen molar-refractivity contribution in [2.24, 2.45) is 0 Å². The van der Waals surface area contributed by atoms with Crippen LogP contribution in [0.25, 0.3) is 0 Å². The summed E-state index contributed by atoms with van der Waals surface area (Å²) in [6.45, 7) is 2.22. The molecule has 0 N–H and O–H groups in total. The predicted octanol–water partition coefficient (Wildman–Crippen LogP) is 3.54. The molecule has 1 aromatic rings. The number of aromatic nitrogens is 2. The summed E-state index contributed by atoms with van der Waals surface area (Å²) in [6.07, 6.45) is 5.93. The SMILES string of the molecule is CCCCCSc1nnc(SC)s1. The largest absolute Gasteiger partial charge is 0.175 e. The van der Waals surface area contributed by atoms with Crippen molar-refractivity contribution in [1.82, 2.24) is 10.2 Å². The van der Waals surface area contributed by atoms with Crippen LogP contribution in [-0.2, 0) is 0 Å². The van der Waals surface area contributed by atoms with Crippen LogP contribution in [0, 0.1) is 0 Å². The van der Waals surface area contributed by atoms with Crippen molar-refractivity contribution >= 4 is 34.9 Å². The topological polar surface area (TPSA) is 25.8 Å². The Morgan fingerprint density at radius 2 is 2.00 bits per heavy atom. The number of hydrogen-bond donors (Lipinski definition) is 0. The maximum atomic E-state index is 4.10. The molecule has 0 amide bonds. The summed E-state index contributed by atoms with van der Waals surface area (Å²) < 4.78 is 2.18. The van der Waals surface area contributed by atoms with Crippen molar-refractivity contribution < 1.29 is 0 Å². The first-order chi connectivity index (χ1) is 6.36. The Balaban J connectivity index is 2.20. The third-order valence-corrected chi connectivity index (χ3v) is 4.65. The molecular formula is C8H14N2S3. The molecule has 0 saturated heterocycles. The average Bonchev–Trinajstić information content (AvgIpc) is 2.60. The zero-order chi connectivity index (χ0) is 9.52. The van der Waals surface area contributed by atoms with Gasteiger partial charge >= 0.3 is 0 Å². The third kappa shape index (κ3) is 4.33. The fraction of sp³-hybridized carbons (Fsp3) is 0.750. The van der Waals surface area contributed by atoms with E-state index in [9.17, 15) is 0 Å². The molecule has 0 saturated carbocycles. The zero-order valence-corrected chi connectivity index (χ0v) is 10.4. The van der Waals surface area contributed by atoms with Gasteiger partial charge in [-0.2, -0.15) is 0 Å². The van der Waals surface area contributed by atoms with Crippen LogP contribution in [0.15, 0.2) is 8.68 Å². The van der Waals surface area contributed by atoms with Crippen LogP contribution in [0.1, 0.15) is 26.2 Å². The van der Waals surface area contributed by atoms with Gasteiger partial charge in [0.2, 0.25) is 0 Å². The lowest BCUT2D eigenvalue weighted by atomic mass is 10.3. The molecule has 0 aromatic carbocycles. The molecule has 0 unspecified atom stereocenters. The molecule has 0 aliphatic heterocycles. The summed E-state index contributed by atoms with van der Waals surface area (Å²) >= 11 is 5.19. The molecule has 0 radical (unpaired) electrons. The summed E-state index contributed by atoms with van der Waals surface area (Å²) in [4.78, 5) is 0. The summed E-state index contributed by atoms with van der Waals surface area (Å²) in [6, 6.07) is 0. The van der Waals surface area contributed by atoms with Gasteiger partial charge in [0.15, 0.2) is 8.68 Å². The van der Waals surface area contributed by atoms with Gasteiger partial charge in [0.25, 0.3) is 0 Å². The first-order valence-corrected chi connectivity index (χ1v) is 7.39. The summed E-state index contributed by atoms with van der Waals surface area (Å²) in [5.41, 5.74) is 0. The van der Waals surface area contributed by atoms with Gasteiger partial charge in [-0.05, 0) is 12.7 Å². The predicted molar refractivity (Wildman–Crippen MR) is 61.9 cm³/mol. The quantitative estimate of drug-likeness (QED) is 0.555. The lowest BCUT2D eigenvalue weighted by Crippen LogP contribution is -1.79. The van der Waals surface area contributed by atoms with Gasteiger partial charge in [-0.1, -0.05) is 54.6 Å². The van der Waals surface area contributed by atoms with E-state index in [1.54, 1.807) is 23.1 Å². The van der Waals surface area contributed by atoms with E-state index >= 15 is 0 Å². The maximum absolute atomic E-state index is 4.10. The second kappa shape index (κ2) is 6.68. The Kier molecular flexibility index (Phi) is 5.82. The minimum Gasteiger partial charge on any atom is -0.131 e. The Labute approximate surface area is 91.9 Å². The highest BCUT2D eigenvalue weighted by Crippen LogP contribution is 2.27. The monoisotopic (exact) mass is 234 g/mol. The standard InChI is InChI=1S/C8H14N2S3/c1-3-4-5-6-12-8-10-9-7(11-2)13-8/h3-6H2,1-2H3. The summed E-state index contributed by atoms with van der Waals surface area (Å²) in [7, 11) is 0. The Morgan fingerprint density at radius 1 is 1.23 bits per heavy atom. The smallest absolute Gasteiger partial charge is 0.131 e. The van der Waals surface area contributed by atoms with Crippen LogP contribution in [0.3, 0.4) is 0 Å². The van der Waals surface area contributed by atoms with Gasteiger partial charge in [-0.25, -0.2) is 0 Å². The van der Waals surface area contributed by atoms with E-state index in [1.807, 2.05) is 18.0 Å². The van der Waals surface area contributed by atoms with E-state index in [0.717, 1.165) is 8.68 Å². The molecule has 2 nitrogen and oxygen atoms in total. The van der Waals surface area contributed by atoms with Crippen LogP contribution in [-0.4, -0.2) is 22.2 Å². The van der Waals surface area contributed by atoms with Crippen molar-refractivity contribution in [1.29, 1.82) is 0 Å². The lowest BCUT2D eigenvalue weighted by molar-refractivity contribution is 0.778. The number of thioether (sulfide) groups is 2. The van der Waals surface area contributed by atoms with Gasteiger partial charge in [0.1, 0.15) is 0 Å².